The van der Waals surface area contributed by atoms with Crippen molar-refractivity contribution in [3.05, 3.63) is 35.4 Å². The molecule has 1 aromatic heterocycles. The highest BCUT2D eigenvalue weighted by atomic mass is 19.4. The number of alkyl carbamates (subject to hydrolysis) is 1. The van der Waals surface area contributed by atoms with Gasteiger partial charge in [-0.25, -0.2) is 18.6 Å². The first kappa shape index (κ1) is 33.8. The summed E-state index contributed by atoms with van der Waals surface area (Å²) in [4.78, 5) is 45.0. The molecule has 6 atom stereocenters. The van der Waals surface area contributed by atoms with Crippen LogP contribution in [0, 0.1) is 17.3 Å². The summed E-state index contributed by atoms with van der Waals surface area (Å²) in [6, 6.07) is 1.71. The Labute approximate surface area is 264 Å². The second-order valence-corrected chi connectivity index (χ2v) is 14.1. The Morgan fingerprint density at radius 3 is 2.48 bits per heavy atom. The van der Waals surface area contributed by atoms with Crippen molar-refractivity contribution in [2.45, 2.75) is 109 Å². The third-order valence-electron chi connectivity index (χ3n) is 9.66. The van der Waals surface area contributed by atoms with Gasteiger partial charge in [-0.2, -0.15) is 13.2 Å². The second-order valence-electron chi connectivity index (χ2n) is 14.1. The molecule has 1 saturated carbocycles. The van der Waals surface area contributed by atoms with Gasteiger partial charge >= 0.3 is 12.3 Å². The van der Waals surface area contributed by atoms with Crippen LogP contribution < -0.4 is 10.1 Å². The molecule has 0 spiro atoms. The number of hydrogen-bond donors (Lipinski definition) is 1. The number of aldehydes is 1. The van der Waals surface area contributed by atoms with Gasteiger partial charge in [-0.15, -0.1) is 0 Å². The molecule has 2 amide bonds. The Hall–Kier alpha value is -3.51. The summed E-state index contributed by atoms with van der Waals surface area (Å²) < 4.78 is 84.3. The number of rotatable bonds is 2. The van der Waals surface area contributed by atoms with Gasteiger partial charge < -0.3 is 24.5 Å². The molecular formula is C33H40F5N3O5. The Morgan fingerprint density at radius 2 is 1.85 bits per heavy atom. The van der Waals surface area contributed by atoms with Gasteiger partial charge in [-0.05, 0) is 56.2 Å². The van der Waals surface area contributed by atoms with Crippen molar-refractivity contribution < 1.29 is 45.8 Å². The van der Waals surface area contributed by atoms with Gasteiger partial charge in [0.05, 0.1) is 29.2 Å². The molecule has 3 heterocycles. The number of carbonyl (C=O) groups is 3. The van der Waals surface area contributed by atoms with E-state index in [1.165, 1.54) is 4.90 Å². The molecule has 1 aliphatic carbocycles. The van der Waals surface area contributed by atoms with Crippen LogP contribution in [0.15, 0.2) is 24.3 Å². The van der Waals surface area contributed by atoms with Crippen LogP contribution in [0.2, 0.25) is 0 Å². The smallest absolute Gasteiger partial charge is 0.416 e. The zero-order chi connectivity index (χ0) is 33.8. The van der Waals surface area contributed by atoms with Gasteiger partial charge in [0.1, 0.15) is 24.0 Å². The lowest BCUT2D eigenvalue weighted by Gasteiger charge is -2.35. The minimum absolute atomic E-state index is 0.0392. The van der Waals surface area contributed by atoms with Crippen LogP contribution >= 0.6 is 0 Å². The summed E-state index contributed by atoms with van der Waals surface area (Å²) in [6.45, 7) is 8.59. The van der Waals surface area contributed by atoms with Gasteiger partial charge in [0.15, 0.2) is 0 Å². The van der Waals surface area contributed by atoms with E-state index in [9.17, 15) is 27.6 Å². The largest absolute Gasteiger partial charge is 0.472 e. The lowest BCUT2D eigenvalue weighted by atomic mass is 9.85. The number of nitrogens with one attached hydrogen (secondary N) is 1. The Morgan fingerprint density at radius 1 is 1.13 bits per heavy atom. The zero-order valence-electron chi connectivity index (χ0n) is 26.5. The van der Waals surface area contributed by atoms with Gasteiger partial charge in [0, 0.05) is 23.6 Å². The molecule has 0 radical (unpaired) electrons. The number of halogens is 5. The van der Waals surface area contributed by atoms with Crippen LogP contribution in [-0.2, 0) is 26.4 Å². The summed E-state index contributed by atoms with van der Waals surface area (Å²) in [5.41, 5.74) is -3.33. The van der Waals surface area contributed by atoms with E-state index in [4.69, 9.17) is 9.47 Å². The van der Waals surface area contributed by atoms with Crippen molar-refractivity contribution in [2.75, 3.05) is 6.54 Å². The normalized spacial score (nSPS) is 30.7. The van der Waals surface area contributed by atoms with E-state index in [1.54, 1.807) is 34.6 Å². The standard InChI is InChI=1S/C33H40F5N3O5/c1-6-21-24(17-42)41-16-25(21)45-27-22(13-18-10-11-19(33(36,37)38)14-23(18)39-27)32(34,35)12-8-7-9-20-15-31(20,5)46-29(44)40-26(28(41)43)30(2,3)4/h10-11,13-14,17,20-21,24-26H,6-9,12,15-16H2,1-5H3,(H,40,44)/t20-,21+,24-,25+,26-,31-/m1/s1. The van der Waals surface area contributed by atoms with E-state index in [1.807, 2.05) is 0 Å². The third-order valence-corrected chi connectivity index (χ3v) is 9.66. The number of benzene rings is 1. The van der Waals surface area contributed by atoms with E-state index in [0.29, 0.717) is 32.0 Å². The zero-order valence-corrected chi connectivity index (χ0v) is 26.5. The molecular weight excluding hydrogens is 613 g/mol. The topological polar surface area (TPSA) is 97.8 Å². The number of fused-ring (bicyclic) bond motifs is 5. The second kappa shape index (κ2) is 11.9. The molecule has 1 saturated heterocycles. The third kappa shape index (κ3) is 6.64. The van der Waals surface area contributed by atoms with Crippen LogP contribution in [0.4, 0.5) is 26.7 Å². The summed E-state index contributed by atoms with van der Waals surface area (Å²) in [7, 11) is 0. The summed E-state index contributed by atoms with van der Waals surface area (Å²) >= 11 is 0. The highest BCUT2D eigenvalue weighted by molar-refractivity contribution is 5.89. The molecule has 3 aliphatic rings. The molecule has 2 aromatic rings. The number of alkyl halides is 5. The minimum Gasteiger partial charge on any atom is -0.472 e. The fourth-order valence-corrected chi connectivity index (χ4v) is 6.77. The first-order valence-electron chi connectivity index (χ1n) is 15.7. The predicted octanol–water partition coefficient (Wildman–Crippen LogP) is 7.02. The number of nitrogens with zero attached hydrogens (tertiary/aromatic N) is 2. The fourth-order valence-electron chi connectivity index (χ4n) is 6.77. The molecule has 46 heavy (non-hydrogen) atoms. The SMILES string of the molecule is CC[C@@H]1[C@@H]2CN(C(=O)[C@H](C(C)(C)C)NC(=O)O[C@]3(C)C[C@H]3CCCCC(F)(F)c3cc4ccc(C(F)(F)F)cc4nc3O2)[C@@H]1C=O. The fraction of sp³-hybridized carbons (Fsp3) is 0.636. The van der Waals surface area contributed by atoms with Crippen LogP contribution in [0.1, 0.15) is 84.3 Å². The summed E-state index contributed by atoms with van der Waals surface area (Å²) in [5, 5.41) is 2.80. The summed E-state index contributed by atoms with van der Waals surface area (Å²) in [6.07, 6.45) is -4.49. The van der Waals surface area contributed by atoms with Gasteiger partial charge in [0.2, 0.25) is 11.8 Å². The average Bonchev–Trinajstić information content (AvgIpc) is 3.45. The quantitative estimate of drug-likeness (QED) is 0.276. The van der Waals surface area contributed by atoms with Crippen molar-refractivity contribution >= 4 is 29.2 Å². The van der Waals surface area contributed by atoms with Gasteiger partial charge in [0.25, 0.3) is 5.92 Å². The molecule has 2 bridgehead atoms. The number of hydrogen-bond acceptors (Lipinski definition) is 6. The number of amides is 2. The molecule has 2 aliphatic heterocycles. The maximum atomic E-state index is 16.0. The molecule has 1 N–H and O–H groups in total. The lowest BCUT2D eigenvalue weighted by molar-refractivity contribution is -0.139. The van der Waals surface area contributed by atoms with Crippen molar-refractivity contribution in [1.82, 2.24) is 15.2 Å². The maximum Gasteiger partial charge on any atom is 0.416 e. The van der Waals surface area contributed by atoms with Crippen LogP contribution in [-0.4, -0.2) is 58.5 Å². The highest BCUT2D eigenvalue weighted by Gasteiger charge is 2.54. The Kier molecular flexibility index (Phi) is 8.78. The first-order valence-corrected chi connectivity index (χ1v) is 15.7. The molecule has 13 heteroatoms. The molecule has 0 unspecified atom stereocenters. The number of ether oxygens (including phenoxy) is 2. The Bertz CT molecular complexity index is 1510. The molecule has 252 valence electrons. The average molecular weight is 654 g/mol. The maximum absolute atomic E-state index is 16.0. The first-order chi connectivity index (χ1) is 21.4. The van der Waals surface area contributed by atoms with E-state index >= 15 is 8.78 Å². The van der Waals surface area contributed by atoms with Crippen LogP contribution in [0.25, 0.3) is 10.9 Å². The van der Waals surface area contributed by atoms with Crippen LogP contribution in [0.3, 0.4) is 0 Å². The molecule has 8 nitrogen and oxygen atoms in total. The molecule has 5 rings (SSSR count). The number of pyridine rings is 1. The molecule has 1 aromatic carbocycles. The van der Waals surface area contributed by atoms with Crippen LogP contribution in [0.5, 0.6) is 5.88 Å². The number of carbonyl (C=O) groups excluding carboxylic acids is 3. The predicted molar refractivity (Wildman–Crippen MR) is 158 cm³/mol. The van der Waals surface area contributed by atoms with Crippen molar-refractivity contribution in [1.29, 1.82) is 0 Å². The number of aromatic nitrogens is 1. The van der Waals surface area contributed by atoms with Crippen molar-refractivity contribution in [3.8, 4) is 5.88 Å². The summed E-state index contributed by atoms with van der Waals surface area (Å²) in [5.74, 6) is -5.25. The molecule has 2 fully saturated rings. The highest BCUT2D eigenvalue weighted by Crippen LogP contribution is 2.50. The van der Waals surface area contributed by atoms with E-state index in [-0.39, 0.29) is 29.8 Å². The Balaban J connectivity index is 1.60. The minimum atomic E-state index is -4.68. The monoisotopic (exact) mass is 653 g/mol. The van der Waals surface area contributed by atoms with Gasteiger partial charge in [-0.3, -0.25) is 4.79 Å². The van der Waals surface area contributed by atoms with E-state index in [0.717, 1.165) is 24.3 Å². The van der Waals surface area contributed by atoms with E-state index < -0.39 is 82.6 Å². The lowest BCUT2D eigenvalue weighted by Crippen LogP contribution is -2.56. The van der Waals surface area contributed by atoms with E-state index in [2.05, 4.69) is 10.3 Å². The van der Waals surface area contributed by atoms with Crippen molar-refractivity contribution in [2.24, 2.45) is 17.3 Å². The van der Waals surface area contributed by atoms with Gasteiger partial charge in [-0.1, -0.05) is 40.2 Å². The van der Waals surface area contributed by atoms with Crippen molar-refractivity contribution in [3.63, 3.8) is 0 Å².